The molecule has 29 heavy (non-hydrogen) atoms. The Morgan fingerprint density at radius 2 is 2.00 bits per heavy atom. The summed E-state index contributed by atoms with van der Waals surface area (Å²) in [7, 11) is 0. The Bertz CT molecular complexity index is 883. The zero-order valence-electron chi connectivity index (χ0n) is 16.7. The van der Waals surface area contributed by atoms with E-state index in [-0.39, 0.29) is 35.6 Å². The van der Waals surface area contributed by atoms with Gasteiger partial charge in [0.15, 0.2) is 6.10 Å². The molecule has 1 aliphatic carbocycles. The van der Waals surface area contributed by atoms with E-state index in [4.69, 9.17) is 4.84 Å². The average Bonchev–Trinajstić information content (AvgIpc) is 3.31. The van der Waals surface area contributed by atoms with E-state index < -0.39 is 0 Å². The van der Waals surface area contributed by atoms with E-state index >= 15 is 0 Å². The van der Waals surface area contributed by atoms with Crippen molar-refractivity contribution in [3.05, 3.63) is 65.9 Å². The number of hydrogen-bond acceptors (Lipinski definition) is 5. The highest BCUT2D eigenvalue weighted by atomic mass is 16.6. The van der Waals surface area contributed by atoms with Gasteiger partial charge >= 0.3 is 0 Å². The monoisotopic (exact) mass is 393 g/mol. The highest BCUT2D eigenvalue weighted by Gasteiger charge is 2.43. The van der Waals surface area contributed by atoms with Crippen molar-refractivity contribution in [3.8, 4) is 5.75 Å². The van der Waals surface area contributed by atoms with Crippen LogP contribution in [0.5, 0.6) is 5.75 Å². The summed E-state index contributed by atoms with van der Waals surface area (Å²) < 4.78 is 0. The molecule has 2 heterocycles. The number of hydrogen-bond donors (Lipinski definition) is 3. The summed E-state index contributed by atoms with van der Waals surface area (Å²) in [6.07, 6.45) is 10.4. The van der Waals surface area contributed by atoms with E-state index in [1.165, 1.54) is 0 Å². The quantitative estimate of drug-likeness (QED) is 0.694. The Hall–Kier alpha value is -3.02. The lowest BCUT2D eigenvalue weighted by Crippen LogP contribution is -2.36. The van der Waals surface area contributed by atoms with Crippen LogP contribution in [0.2, 0.25) is 0 Å². The molecule has 0 saturated carbocycles. The molecular formula is C23H27N3O3. The molecule has 0 aromatic heterocycles. The number of rotatable bonds is 6. The second-order valence-electron chi connectivity index (χ2n) is 8.19. The van der Waals surface area contributed by atoms with Crippen LogP contribution in [-0.2, 0) is 9.63 Å². The number of carbonyl (C=O) groups excluding carboxylic acids is 1. The zero-order valence-corrected chi connectivity index (χ0v) is 16.7. The van der Waals surface area contributed by atoms with E-state index in [1.54, 1.807) is 12.1 Å². The van der Waals surface area contributed by atoms with Crippen LogP contribution in [0.1, 0.15) is 25.8 Å². The number of phenolic OH excluding ortho intramolecular Hbond substituents is 1. The first-order valence-corrected chi connectivity index (χ1v) is 10.1. The molecule has 0 bridgehead atoms. The second-order valence-corrected chi connectivity index (χ2v) is 8.19. The molecule has 6 nitrogen and oxygen atoms in total. The Morgan fingerprint density at radius 3 is 2.76 bits per heavy atom. The van der Waals surface area contributed by atoms with E-state index in [0.717, 1.165) is 16.8 Å². The van der Waals surface area contributed by atoms with Gasteiger partial charge in [-0.3, -0.25) is 4.79 Å². The zero-order chi connectivity index (χ0) is 20.4. The summed E-state index contributed by atoms with van der Waals surface area (Å²) in [6.45, 7) is 4.79. The fourth-order valence-corrected chi connectivity index (χ4v) is 4.03. The third-order valence-corrected chi connectivity index (χ3v) is 5.55. The van der Waals surface area contributed by atoms with Crippen molar-refractivity contribution < 1.29 is 14.7 Å². The van der Waals surface area contributed by atoms with Crippen LogP contribution in [-0.4, -0.2) is 35.4 Å². The van der Waals surface area contributed by atoms with Crippen LogP contribution >= 0.6 is 0 Å². The normalized spacial score (nSPS) is 27.1. The van der Waals surface area contributed by atoms with Crippen LogP contribution in [0, 0.1) is 17.8 Å². The summed E-state index contributed by atoms with van der Waals surface area (Å²) >= 11 is 0. The summed E-state index contributed by atoms with van der Waals surface area (Å²) in [5.74, 6) is 0.577. The molecule has 4 rings (SSSR count). The van der Waals surface area contributed by atoms with Crippen molar-refractivity contribution >= 4 is 11.6 Å². The standard InChI is InChI=1S/C23H27N3O3/c1-14(2)12-25-21(28)11-18-22(15-7-9-16(27)10-8-15)26-29-23(18)19-13-24-20-6-4-3-5-17(19)20/h3-10,13-14,17-18,20,23-24,27H,11-12H2,1-2H3,(H,25,28). The first-order chi connectivity index (χ1) is 14.0. The molecule has 0 fully saturated rings. The van der Waals surface area contributed by atoms with Crippen LogP contribution < -0.4 is 10.6 Å². The molecule has 1 aromatic carbocycles. The molecular weight excluding hydrogens is 366 g/mol. The molecule has 2 aliphatic heterocycles. The SMILES string of the molecule is CC(C)CNC(=O)CC1C(c2ccc(O)cc2)=NOC1C1=CNC2C=CC=CC12. The van der Waals surface area contributed by atoms with Gasteiger partial charge in [0.2, 0.25) is 5.91 Å². The van der Waals surface area contributed by atoms with Crippen molar-refractivity contribution in [1.29, 1.82) is 0 Å². The Kier molecular flexibility index (Phi) is 5.43. The van der Waals surface area contributed by atoms with E-state index in [1.807, 2.05) is 30.5 Å². The minimum Gasteiger partial charge on any atom is -0.508 e. The van der Waals surface area contributed by atoms with Crippen LogP contribution in [0.3, 0.4) is 0 Å². The molecule has 1 aromatic rings. The Morgan fingerprint density at radius 1 is 1.24 bits per heavy atom. The van der Waals surface area contributed by atoms with Crippen LogP contribution in [0.4, 0.5) is 0 Å². The molecule has 4 unspecified atom stereocenters. The number of phenols is 1. The molecule has 4 atom stereocenters. The number of aromatic hydroxyl groups is 1. The lowest BCUT2D eigenvalue weighted by molar-refractivity contribution is -0.122. The molecule has 3 aliphatic rings. The predicted molar refractivity (Wildman–Crippen MR) is 112 cm³/mol. The Labute approximate surface area is 171 Å². The van der Waals surface area contributed by atoms with E-state index in [0.29, 0.717) is 18.9 Å². The number of oxime groups is 1. The van der Waals surface area contributed by atoms with Gasteiger partial charge in [-0.25, -0.2) is 0 Å². The maximum absolute atomic E-state index is 12.7. The van der Waals surface area contributed by atoms with Gasteiger partial charge in [-0.1, -0.05) is 43.3 Å². The number of nitrogens with zero attached hydrogens (tertiary/aromatic N) is 1. The topological polar surface area (TPSA) is 83.0 Å². The van der Waals surface area contributed by atoms with Gasteiger partial charge in [0.1, 0.15) is 5.75 Å². The van der Waals surface area contributed by atoms with Gasteiger partial charge in [-0.15, -0.1) is 0 Å². The van der Waals surface area contributed by atoms with Crippen molar-refractivity contribution in [1.82, 2.24) is 10.6 Å². The summed E-state index contributed by atoms with van der Waals surface area (Å²) in [4.78, 5) is 18.6. The first-order valence-electron chi connectivity index (χ1n) is 10.1. The van der Waals surface area contributed by atoms with Gasteiger partial charge in [0.05, 0.1) is 17.7 Å². The average molecular weight is 393 g/mol. The van der Waals surface area contributed by atoms with Gasteiger partial charge in [-0.05, 0) is 35.8 Å². The maximum Gasteiger partial charge on any atom is 0.220 e. The predicted octanol–water partition coefficient (Wildman–Crippen LogP) is 2.87. The van der Waals surface area contributed by atoms with Gasteiger partial charge in [0, 0.05) is 30.6 Å². The molecule has 3 N–H and O–H groups in total. The lowest BCUT2D eigenvalue weighted by atomic mass is 9.80. The summed E-state index contributed by atoms with van der Waals surface area (Å²) in [5, 5.41) is 20.4. The highest BCUT2D eigenvalue weighted by Crippen LogP contribution is 2.38. The third kappa shape index (κ3) is 4.06. The van der Waals surface area contributed by atoms with Crippen molar-refractivity contribution in [3.63, 3.8) is 0 Å². The smallest absolute Gasteiger partial charge is 0.220 e. The van der Waals surface area contributed by atoms with Crippen LogP contribution in [0.25, 0.3) is 0 Å². The number of carbonyl (C=O) groups is 1. The molecule has 0 saturated heterocycles. The molecule has 0 spiro atoms. The minimum absolute atomic E-state index is 0.00661. The summed E-state index contributed by atoms with van der Waals surface area (Å²) in [5.41, 5.74) is 2.71. The number of benzene rings is 1. The molecule has 0 radical (unpaired) electrons. The van der Waals surface area contributed by atoms with E-state index in [2.05, 4.69) is 41.8 Å². The van der Waals surface area contributed by atoms with Crippen molar-refractivity contribution in [2.24, 2.45) is 22.9 Å². The highest BCUT2D eigenvalue weighted by molar-refractivity contribution is 6.05. The van der Waals surface area contributed by atoms with E-state index in [9.17, 15) is 9.90 Å². The Balaban J connectivity index is 1.58. The van der Waals surface area contributed by atoms with Gasteiger partial charge in [-0.2, -0.15) is 0 Å². The summed E-state index contributed by atoms with van der Waals surface area (Å²) in [6, 6.07) is 7.09. The van der Waals surface area contributed by atoms with Crippen molar-refractivity contribution in [2.45, 2.75) is 32.4 Å². The van der Waals surface area contributed by atoms with Gasteiger partial charge in [0.25, 0.3) is 0 Å². The second kappa shape index (κ2) is 8.15. The number of allylic oxidation sites excluding steroid dienone is 2. The number of fused-ring (bicyclic) bond motifs is 1. The largest absolute Gasteiger partial charge is 0.508 e. The molecule has 1 amide bonds. The maximum atomic E-state index is 12.7. The molecule has 6 heteroatoms. The number of amides is 1. The minimum atomic E-state index is -0.303. The van der Waals surface area contributed by atoms with Crippen molar-refractivity contribution in [2.75, 3.05) is 6.54 Å². The fourth-order valence-electron chi connectivity index (χ4n) is 4.03. The third-order valence-electron chi connectivity index (χ3n) is 5.55. The lowest BCUT2D eigenvalue weighted by Gasteiger charge is -2.25. The van der Waals surface area contributed by atoms with Gasteiger partial charge < -0.3 is 20.6 Å². The molecule has 152 valence electrons. The van der Waals surface area contributed by atoms with Crippen LogP contribution in [0.15, 0.2) is 65.5 Å². The number of nitrogens with one attached hydrogen (secondary N) is 2. The first kappa shape index (κ1) is 19.3. The fraction of sp³-hybridized carbons (Fsp3) is 0.391.